The summed E-state index contributed by atoms with van der Waals surface area (Å²) >= 11 is 0. The minimum Gasteiger partial charge on any atom is -0.281 e. The Morgan fingerprint density at radius 1 is 0.947 bits per heavy atom. The Morgan fingerprint density at radius 3 is 2.37 bits per heavy atom. The predicted octanol–water partition coefficient (Wildman–Crippen LogP) is 3.32. The number of aromatic amines is 1. The molecule has 1 N–H and O–H groups in total. The molecule has 0 fully saturated rings. The summed E-state index contributed by atoms with van der Waals surface area (Å²) in [6, 6.07) is 8.12. The van der Waals surface area contributed by atoms with E-state index in [2.05, 4.69) is 47.0 Å². The maximum atomic E-state index is 4.39. The Morgan fingerprint density at radius 2 is 1.68 bits per heavy atom. The highest BCUT2D eigenvalue weighted by Gasteiger charge is 2.17. The van der Waals surface area contributed by atoms with E-state index in [4.69, 9.17) is 0 Å². The van der Waals surface area contributed by atoms with Crippen LogP contribution in [-0.4, -0.2) is 20.2 Å². The third-order valence-electron chi connectivity index (χ3n) is 3.15. The topological polar surface area (TPSA) is 54.5 Å². The molecule has 3 rings (SSSR count). The van der Waals surface area contributed by atoms with E-state index in [1.165, 1.54) is 0 Å². The van der Waals surface area contributed by atoms with Crippen LogP contribution < -0.4 is 0 Å². The second kappa shape index (κ2) is 4.16. The summed E-state index contributed by atoms with van der Waals surface area (Å²) in [5.41, 5.74) is 4.99. The van der Waals surface area contributed by atoms with Crippen LogP contribution in [0.15, 0.2) is 36.7 Å². The van der Waals surface area contributed by atoms with Crippen LogP contribution in [0.2, 0.25) is 0 Å². The van der Waals surface area contributed by atoms with Gasteiger partial charge in [-0.2, -0.15) is 5.10 Å². The molecule has 0 atom stereocenters. The molecule has 0 radical (unpaired) electrons. The second-order valence-corrected chi connectivity index (χ2v) is 5.68. The number of benzene rings is 1. The lowest BCUT2D eigenvalue weighted by molar-refractivity contribution is 0.567. The SMILES string of the molecule is CC(C)(C)c1cc(-c2ccc3nccnc3c2)n[nH]1. The lowest BCUT2D eigenvalue weighted by Gasteiger charge is -2.14. The third kappa shape index (κ3) is 2.21. The largest absolute Gasteiger partial charge is 0.281 e. The molecular weight excluding hydrogens is 236 g/mol. The lowest BCUT2D eigenvalue weighted by atomic mass is 9.92. The van der Waals surface area contributed by atoms with Gasteiger partial charge in [0.15, 0.2) is 0 Å². The number of nitrogens with zero attached hydrogens (tertiary/aromatic N) is 3. The van der Waals surface area contributed by atoms with Crippen molar-refractivity contribution in [3.05, 3.63) is 42.4 Å². The Hall–Kier alpha value is -2.23. The number of aromatic nitrogens is 4. The van der Waals surface area contributed by atoms with Crippen molar-refractivity contribution in [2.75, 3.05) is 0 Å². The quantitative estimate of drug-likeness (QED) is 0.722. The maximum absolute atomic E-state index is 4.39. The molecule has 0 aliphatic carbocycles. The normalized spacial score (nSPS) is 11.9. The van der Waals surface area contributed by atoms with Gasteiger partial charge in [-0.3, -0.25) is 15.1 Å². The molecule has 0 spiro atoms. The van der Waals surface area contributed by atoms with Gasteiger partial charge in [-0.05, 0) is 18.2 Å². The van der Waals surface area contributed by atoms with Gasteiger partial charge < -0.3 is 0 Å². The van der Waals surface area contributed by atoms with Gasteiger partial charge in [-0.25, -0.2) is 0 Å². The smallest absolute Gasteiger partial charge is 0.0924 e. The van der Waals surface area contributed by atoms with E-state index in [-0.39, 0.29) is 5.41 Å². The molecule has 1 aromatic carbocycles. The molecule has 0 amide bonds. The van der Waals surface area contributed by atoms with Gasteiger partial charge in [-0.1, -0.05) is 26.8 Å². The number of H-pyrrole nitrogens is 1. The van der Waals surface area contributed by atoms with Crippen molar-refractivity contribution in [1.82, 2.24) is 20.2 Å². The van der Waals surface area contributed by atoms with Crippen LogP contribution in [-0.2, 0) is 5.41 Å². The first-order valence-corrected chi connectivity index (χ1v) is 6.31. The molecule has 4 heteroatoms. The van der Waals surface area contributed by atoms with E-state index < -0.39 is 0 Å². The number of hydrogen-bond acceptors (Lipinski definition) is 3. The third-order valence-corrected chi connectivity index (χ3v) is 3.15. The molecule has 3 aromatic rings. The molecule has 2 heterocycles. The summed E-state index contributed by atoms with van der Waals surface area (Å²) in [7, 11) is 0. The molecule has 19 heavy (non-hydrogen) atoms. The Bertz CT molecular complexity index is 722. The van der Waals surface area contributed by atoms with Gasteiger partial charge in [0.2, 0.25) is 0 Å². The number of hydrogen-bond donors (Lipinski definition) is 1. The fraction of sp³-hybridized carbons (Fsp3) is 0.267. The standard InChI is InChI=1S/C15H16N4/c1-15(2,3)14-9-12(18-19-14)10-4-5-11-13(8-10)17-7-6-16-11/h4-9H,1-3H3,(H,18,19). The van der Waals surface area contributed by atoms with Crippen LogP contribution in [0.3, 0.4) is 0 Å². The van der Waals surface area contributed by atoms with Crippen molar-refractivity contribution in [3.63, 3.8) is 0 Å². The Kier molecular flexibility index (Phi) is 2.59. The molecule has 0 saturated heterocycles. The Balaban J connectivity index is 2.07. The van der Waals surface area contributed by atoms with Gasteiger partial charge in [0.25, 0.3) is 0 Å². The Labute approximate surface area is 111 Å². The first-order chi connectivity index (χ1) is 9.04. The van der Waals surface area contributed by atoms with E-state index in [9.17, 15) is 0 Å². The molecule has 2 aromatic heterocycles. The first-order valence-electron chi connectivity index (χ1n) is 6.31. The van der Waals surface area contributed by atoms with Crippen molar-refractivity contribution in [1.29, 1.82) is 0 Å². The van der Waals surface area contributed by atoms with Crippen LogP contribution >= 0.6 is 0 Å². The molecule has 0 saturated carbocycles. The van der Waals surface area contributed by atoms with Crippen LogP contribution in [0.5, 0.6) is 0 Å². The van der Waals surface area contributed by atoms with Crippen molar-refractivity contribution in [3.8, 4) is 11.3 Å². The van der Waals surface area contributed by atoms with Crippen LogP contribution in [0, 0.1) is 0 Å². The van der Waals surface area contributed by atoms with E-state index >= 15 is 0 Å². The zero-order chi connectivity index (χ0) is 13.5. The monoisotopic (exact) mass is 252 g/mol. The maximum Gasteiger partial charge on any atom is 0.0924 e. The molecule has 0 bridgehead atoms. The van der Waals surface area contributed by atoms with Crippen molar-refractivity contribution >= 4 is 11.0 Å². The molecular formula is C15H16N4. The van der Waals surface area contributed by atoms with Crippen molar-refractivity contribution in [2.24, 2.45) is 0 Å². The second-order valence-electron chi connectivity index (χ2n) is 5.68. The average molecular weight is 252 g/mol. The minimum absolute atomic E-state index is 0.0713. The zero-order valence-corrected chi connectivity index (χ0v) is 11.3. The van der Waals surface area contributed by atoms with E-state index in [1.807, 2.05) is 18.2 Å². The van der Waals surface area contributed by atoms with Gasteiger partial charge in [0.1, 0.15) is 0 Å². The molecule has 96 valence electrons. The van der Waals surface area contributed by atoms with Crippen molar-refractivity contribution in [2.45, 2.75) is 26.2 Å². The summed E-state index contributed by atoms with van der Waals surface area (Å²) < 4.78 is 0. The van der Waals surface area contributed by atoms with E-state index in [0.717, 1.165) is 28.0 Å². The molecule has 0 aliphatic rings. The predicted molar refractivity (Wildman–Crippen MR) is 75.8 cm³/mol. The first kappa shape index (κ1) is 11.8. The summed E-state index contributed by atoms with van der Waals surface area (Å²) in [6.45, 7) is 6.49. The average Bonchev–Trinajstić information content (AvgIpc) is 2.87. The number of nitrogens with one attached hydrogen (secondary N) is 1. The lowest BCUT2D eigenvalue weighted by Crippen LogP contribution is -2.11. The number of rotatable bonds is 1. The molecule has 0 aliphatic heterocycles. The van der Waals surface area contributed by atoms with Gasteiger partial charge in [0.05, 0.1) is 16.7 Å². The highest BCUT2D eigenvalue weighted by molar-refractivity contribution is 5.80. The van der Waals surface area contributed by atoms with Crippen LogP contribution in [0.1, 0.15) is 26.5 Å². The van der Waals surface area contributed by atoms with E-state index in [0.29, 0.717) is 0 Å². The fourth-order valence-corrected chi connectivity index (χ4v) is 1.98. The number of fused-ring (bicyclic) bond motifs is 1. The van der Waals surface area contributed by atoms with Gasteiger partial charge >= 0.3 is 0 Å². The summed E-state index contributed by atoms with van der Waals surface area (Å²) in [5, 5.41) is 7.49. The van der Waals surface area contributed by atoms with Crippen LogP contribution in [0.4, 0.5) is 0 Å². The summed E-state index contributed by atoms with van der Waals surface area (Å²) in [4.78, 5) is 8.59. The fourth-order valence-electron chi connectivity index (χ4n) is 1.98. The minimum atomic E-state index is 0.0713. The molecule has 4 nitrogen and oxygen atoms in total. The molecule has 0 unspecified atom stereocenters. The van der Waals surface area contributed by atoms with Crippen LogP contribution in [0.25, 0.3) is 22.3 Å². The highest BCUT2D eigenvalue weighted by atomic mass is 15.1. The highest BCUT2D eigenvalue weighted by Crippen LogP contribution is 2.26. The summed E-state index contributed by atoms with van der Waals surface area (Å²) in [5.74, 6) is 0. The van der Waals surface area contributed by atoms with Gasteiger partial charge in [0, 0.05) is 29.1 Å². The summed E-state index contributed by atoms with van der Waals surface area (Å²) in [6.07, 6.45) is 3.41. The van der Waals surface area contributed by atoms with Gasteiger partial charge in [-0.15, -0.1) is 0 Å². The van der Waals surface area contributed by atoms with E-state index in [1.54, 1.807) is 12.4 Å². The van der Waals surface area contributed by atoms with Crippen molar-refractivity contribution < 1.29 is 0 Å². The zero-order valence-electron chi connectivity index (χ0n) is 11.3.